The van der Waals surface area contributed by atoms with Crippen LogP contribution in [0.4, 0.5) is 5.95 Å². The summed E-state index contributed by atoms with van der Waals surface area (Å²) in [5, 5.41) is 4.02. The van der Waals surface area contributed by atoms with Crippen molar-refractivity contribution in [1.29, 1.82) is 0 Å². The van der Waals surface area contributed by atoms with Gasteiger partial charge >= 0.3 is 0 Å². The van der Waals surface area contributed by atoms with E-state index in [0.717, 1.165) is 29.7 Å². The Morgan fingerprint density at radius 3 is 2.85 bits per heavy atom. The third kappa shape index (κ3) is 3.62. The summed E-state index contributed by atoms with van der Waals surface area (Å²) in [6, 6.07) is 5.67. The topological polar surface area (TPSA) is 84.8 Å². The number of aromatic nitrogens is 4. The minimum Gasteiger partial charge on any atom is -0.382 e. The van der Waals surface area contributed by atoms with Gasteiger partial charge in [-0.3, -0.25) is 9.36 Å². The van der Waals surface area contributed by atoms with Gasteiger partial charge in [-0.1, -0.05) is 0 Å². The maximum Gasteiger partial charge on any atom is 0.261 e. The van der Waals surface area contributed by atoms with Crippen molar-refractivity contribution in [3.05, 3.63) is 40.4 Å². The summed E-state index contributed by atoms with van der Waals surface area (Å²) >= 11 is 0. The molecule has 0 aromatic carbocycles. The highest BCUT2D eigenvalue weighted by Crippen LogP contribution is 2.22. The zero-order valence-electron chi connectivity index (χ0n) is 15.5. The van der Waals surface area contributed by atoms with Crippen molar-refractivity contribution in [3.8, 4) is 11.3 Å². The summed E-state index contributed by atoms with van der Waals surface area (Å²) in [6.45, 7) is 8.45. The van der Waals surface area contributed by atoms with Crippen molar-refractivity contribution in [2.24, 2.45) is 0 Å². The number of nitrogens with one attached hydrogen (secondary N) is 2. The van der Waals surface area contributed by atoms with Gasteiger partial charge in [-0.05, 0) is 45.4 Å². The molecule has 0 saturated carbocycles. The molecule has 3 heterocycles. The molecule has 0 unspecified atom stereocenters. The van der Waals surface area contributed by atoms with Crippen LogP contribution in [-0.4, -0.2) is 39.3 Å². The van der Waals surface area contributed by atoms with Crippen LogP contribution < -0.4 is 10.9 Å². The number of fused-ring (bicyclic) bond motifs is 1. The smallest absolute Gasteiger partial charge is 0.261 e. The lowest BCUT2D eigenvalue weighted by molar-refractivity contribution is 0.141. The Morgan fingerprint density at radius 2 is 2.15 bits per heavy atom. The van der Waals surface area contributed by atoms with Crippen LogP contribution in [0.1, 0.15) is 26.0 Å². The molecule has 0 aliphatic carbocycles. The Balaban J connectivity index is 2.16. The van der Waals surface area contributed by atoms with Crippen LogP contribution >= 0.6 is 0 Å². The SMILES string of the molecule is CCNc1nc(C)c2cc(-c3ccc[nH]3)c(=O)n(CCCOCC)c2n1. The van der Waals surface area contributed by atoms with Crippen LogP contribution in [0.25, 0.3) is 22.3 Å². The quantitative estimate of drug-likeness (QED) is 0.607. The molecule has 2 N–H and O–H groups in total. The second-order valence-electron chi connectivity index (χ2n) is 6.05. The molecule has 3 aromatic heterocycles. The third-order valence-electron chi connectivity index (χ3n) is 4.23. The van der Waals surface area contributed by atoms with Gasteiger partial charge in [0.15, 0.2) is 0 Å². The minimum atomic E-state index is -0.0583. The van der Waals surface area contributed by atoms with Gasteiger partial charge in [-0.25, -0.2) is 4.98 Å². The van der Waals surface area contributed by atoms with E-state index in [0.29, 0.717) is 36.9 Å². The Bertz CT molecular complexity index is 931. The van der Waals surface area contributed by atoms with Gasteiger partial charge in [0.05, 0.1) is 17.0 Å². The second-order valence-corrected chi connectivity index (χ2v) is 6.05. The molecule has 0 atom stereocenters. The maximum atomic E-state index is 13.1. The van der Waals surface area contributed by atoms with Crippen molar-refractivity contribution in [1.82, 2.24) is 19.5 Å². The fourth-order valence-electron chi connectivity index (χ4n) is 2.99. The summed E-state index contributed by atoms with van der Waals surface area (Å²) < 4.78 is 7.17. The fraction of sp³-hybridized carbons (Fsp3) is 0.421. The number of aryl methyl sites for hydroxylation is 2. The van der Waals surface area contributed by atoms with E-state index in [4.69, 9.17) is 4.74 Å². The van der Waals surface area contributed by atoms with E-state index >= 15 is 0 Å². The molecule has 3 rings (SSSR count). The highest BCUT2D eigenvalue weighted by atomic mass is 16.5. The van der Waals surface area contributed by atoms with Crippen LogP contribution in [0.5, 0.6) is 0 Å². The Labute approximate surface area is 152 Å². The van der Waals surface area contributed by atoms with Crippen molar-refractivity contribution in [2.75, 3.05) is 25.1 Å². The number of nitrogens with zero attached hydrogens (tertiary/aromatic N) is 3. The summed E-state index contributed by atoms with van der Waals surface area (Å²) in [5.41, 5.74) is 2.87. The summed E-state index contributed by atoms with van der Waals surface area (Å²) in [7, 11) is 0. The first-order chi connectivity index (χ1) is 12.7. The fourth-order valence-corrected chi connectivity index (χ4v) is 2.99. The minimum absolute atomic E-state index is 0.0583. The number of rotatable bonds is 8. The van der Waals surface area contributed by atoms with Crippen molar-refractivity contribution in [3.63, 3.8) is 0 Å². The molecule has 0 bridgehead atoms. The van der Waals surface area contributed by atoms with E-state index < -0.39 is 0 Å². The number of hydrogen-bond donors (Lipinski definition) is 2. The monoisotopic (exact) mass is 355 g/mol. The molecule has 138 valence electrons. The van der Waals surface area contributed by atoms with Gasteiger partial charge in [0.2, 0.25) is 5.95 Å². The zero-order chi connectivity index (χ0) is 18.5. The molecule has 0 fully saturated rings. The predicted octanol–water partition coefficient (Wildman–Crippen LogP) is 2.95. The number of H-pyrrole nitrogens is 1. The van der Waals surface area contributed by atoms with Gasteiger partial charge in [-0.15, -0.1) is 0 Å². The van der Waals surface area contributed by atoms with Gasteiger partial charge in [-0.2, -0.15) is 4.98 Å². The van der Waals surface area contributed by atoms with E-state index in [1.807, 2.05) is 45.2 Å². The normalized spacial score (nSPS) is 11.2. The predicted molar refractivity (Wildman–Crippen MR) is 104 cm³/mol. The molecule has 0 amide bonds. The first-order valence-electron chi connectivity index (χ1n) is 9.03. The van der Waals surface area contributed by atoms with Crippen LogP contribution in [0.2, 0.25) is 0 Å². The molecule has 0 aliphatic rings. The summed E-state index contributed by atoms with van der Waals surface area (Å²) in [6.07, 6.45) is 2.56. The number of anilines is 1. The molecule has 7 heteroatoms. The van der Waals surface area contributed by atoms with Crippen LogP contribution in [0.15, 0.2) is 29.2 Å². The molecule has 0 saturated heterocycles. The van der Waals surface area contributed by atoms with Crippen molar-refractivity contribution in [2.45, 2.75) is 33.7 Å². The summed E-state index contributed by atoms with van der Waals surface area (Å²) in [5.74, 6) is 0.545. The van der Waals surface area contributed by atoms with Crippen LogP contribution in [0, 0.1) is 6.92 Å². The number of ether oxygens (including phenoxy) is 1. The van der Waals surface area contributed by atoms with E-state index in [2.05, 4.69) is 20.3 Å². The van der Waals surface area contributed by atoms with Crippen LogP contribution in [0.3, 0.4) is 0 Å². The van der Waals surface area contributed by atoms with Crippen molar-refractivity contribution >= 4 is 17.0 Å². The van der Waals surface area contributed by atoms with Crippen molar-refractivity contribution < 1.29 is 4.74 Å². The average molecular weight is 355 g/mol. The van der Waals surface area contributed by atoms with Crippen LogP contribution in [-0.2, 0) is 11.3 Å². The number of aromatic amines is 1. The lowest BCUT2D eigenvalue weighted by atomic mass is 10.1. The van der Waals surface area contributed by atoms with E-state index in [9.17, 15) is 4.79 Å². The largest absolute Gasteiger partial charge is 0.382 e. The maximum absolute atomic E-state index is 13.1. The number of pyridine rings is 1. The molecule has 7 nitrogen and oxygen atoms in total. The number of hydrogen-bond acceptors (Lipinski definition) is 5. The molecular weight excluding hydrogens is 330 g/mol. The molecule has 0 spiro atoms. The van der Waals surface area contributed by atoms with Gasteiger partial charge in [0, 0.05) is 37.9 Å². The third-order valence-corrected chi connectivity index (χ3v) is 4.23. The van der Waals surface area contributed by atoms with E-state index in [1.165, 1.54) is 0 Å². The average Bonchev–Trinajstić information content (AvgIpc) is 3.15. The molecule has 26 heavy (non-hydrogen) atoms. The van der Waals surface area contributed by atoms with E-state index in [1.54, 1.807) is 4.57 Å². The zero-order valence-corrected chi connectivity index (χ0v) is 15.5. The summed E-state index contributed by atoms with van der Waals surface area (Å²) in [4.78, 5) is 25.4. The highest BCUT2D eigenvalue weighted by Gasteiger charge is 2.15. The Morgan fingerprint density at radius 1 is 1.31 bits per heavy atom. The lowest BCUT2D eigenvalue weighted by Gasteiger charge is -2.14. The first kappa shape index (κ1) is 18.1. The molecule has 0 radical (unpaired) electrons. The first-order valence-corrected chi connectivity index (χ1v) is 9.03. The second kappa shape index (κ2) is 8.14. The molecule has 3 aromatic rings. The van der Waals surface area contributed by atoms with Gasteiger partial charge in [0.25, 0.3) is 5.56 Å². The highest BCUT2D eigenvalue weighted by molar-refractivity contribution is 5.83. The van der Waals surface area contributed by atoms with Gasteiger partial charge in [0.1, 0.15) is 5.65 Å². The Hall–Kier alpha value is -2.67. The molecular formula is C19H25N5O2. The molecule has 0 aliphatic heterocycles. The standard InChI is InChI=1S/C19H25N5O2/c1-4-20-19-22-13(3)14-12-15(16-8-6-9-21-16)18(25)24(17(14)23-19)10-7-11-26-5-2/h6,8-9,12,21H,4-5,7,10-11H2,1-3H3,(H,20,22,23). The lowest BCUT2D eigenvalue weighted by Crippen LogP contribution is -2.24. The van der Waals surface area contributed by atoms with E-state index in [-0.39, 0.29) is 5.56 Å². The Kier molecular flexibility index (Phi) is 5.68. The van der Waals surface area contributed by atoms with Gasteiger partial charge < -0.3 is 15.0 Å².